The third kappa shape index (κ3) is 7.48. The van der Waals surface area contributed by atoms with Crippen LogP contribution in [0.15, 0.2) is 35.2 Å². The Morgan fingerprint density at radius 2 is 1.97 bits per heavy atom. The van der Waals surface area contributed by atoms with Crippen molar-refractivity contribution in [1.29, 1.82) is 0 Å². The van der Waals surface area contributed by atoms with Crippen molar-refractivity contribution in [3.63, 3.8) is 0 Å². The van der Waals surface area contributed by atoms with E-state index in [1.807, 2.05) is 19.0 Å². The molecule has 2 aromatic rings. The lowest BCUT2D eigenvalue weighted by Gasteiger charge is -2.18. The monoisotopic (exact) mass is 506 g/mol. The summed E-state index contributed by atoms with van der Waals surface area (Å²) in [6.07, 6.45) is 3.51. The van der Waals surface area contributed by atoms with Crippen molar-refractivity contribution in [2.75, 3.05) is 57.0 Å². The summed E-state index contributed by atoms with van der Waals surface area (Å²) in [5.41, 5.74) is 6.46. The Morgan fingerprint density at radius 3 is 2.71 bits per heavy atom. The number of nitrogens with two attached hydrogens (primary N) is 1. The van der Waals surface area contributed by atoms with Gasteiger partial charge in [0, 0.05) is 31.5 Å². The quantitative estimate of drug-likeness (QED) is 0.484. The molecule has 0 spiro atoms. The van der Waals surface area contributed by atoms with E-state index in [1.165, 1.54) is 6.07 Å². The predicted octanol–water partition coefficient (Wildman–Crippen LogP) is 2.39. The molecule has 0 fully saturated rings. The molecule has 2 aromatic carbocycles. The fraction of sp³-hybridized carbons (Fsp3) is 0.458. The van der Waals surface area contributed by atoms with E-state index in [-0.39, 0.29) is 16.1 Å². The Morgan fingerprint density at radius 1 is 1.17 bits per heavy atom. The number of amides is 1. The molecule has 35 heavy (non-hydrogen) atoms. The second-order valence-electron chi connectivity index (χ2n) is 8.66. The number of aromatic hydroxyl groups is 1. The number of benzene rings is 2. The fourth-order valence-corrected chi connectivity index (χ4v) is 4.95. The van der Waals surface area contributed by atoms with Crippen molar-refractivity contribution in [2.45, 2.75) is 30.6 Å². The van der Waals surface area contributed by atoms with Gasteiger partial charge in [0.2, 0.25) is 0 Å². The standard InChI is InChI=1S/C24H34N4O6S/c1-28(2)10-13-34-22-8-7-18-14-17(22)6-4-3-5-11-33-12-9-26-20-16-21(29)19(24(25)30)15-23(20)35(31,32)27-18/h7-8,14-16,26-27,29H,3-6,9-13H2,1-2H3,(H2,25,30). The van der Waals surface area contributed by atoms with Gasteiger partial charge in [-0.2, -0.15) is 0 Å². The number of nitrogens with one attached hydrogen (secondary N) is 2. The van der Waals surface area contributed by atoms with E-state index in [9.17, 15) is 18.3 Å². The Kier molecular flexibility index (Phi) is 9.19. The lowest BCUT2D eigenvalue weighted by atomic mass is 10.1. The van der Waals surface area contributed by atoms with Crippen LogP contribution in [0.25, 0.3) is 0 Å². The average molecular weight is 507 g/mol. The highest BCUT2D eigenvalue weighted by atomic mass is 32.2. The van der Waals surface area contributed by atoms with Crippen LogP contribution in [0.5, 0.6) is 11.5 Å². The lowest BCUT2D eigenvalue weighted by molar-refractivity contribution is 0.0997. The van der Waals surface area contributed by atoms with Gasteiger partial charge in [0.05, 0.1) is 17.9 Å². The Balaban J connectivity index is 1.98. The highest BCUT2D eigenvalue weighted by Gasteiger charge is 2.24. The van der Waals surface area contributed by atoms with Gasteiger partial charge in [-0.25, -0.2) is 8.42 Å². The van der Waals surface area contributed by atoms with Crippen LogP contribution in [0.2, 0.25) is 0 Å². The summed E-state index contributed by atoms with van der Waals surface area (Å²) >= 11 is 0. The number of sulfonamides is 1. The first-order valence-electron chi connectivity index (χ1n) is 11.6. The molecule has 1 amide bonds. The maximum Gasteiger partial charge on any atom is 0.263 e. The number of aryl methyl sites for hydroxylation is 1. The molecule has 0 aromatic heterocycles. The number of rotatable bonds is 5. The number of carbonyl (C=O) groups excluding carboxylic acids is 1. The number of nitrogens with zero attached hydrogens (tertiary/aromatic N) is 1. The summed E-state index contributed by atoms with van der Waals surface area (Å²) in [5.74, 6) is -0.622. The first-order valence-corrected chi connectivity index (χ1v) is 13.1. The van der Waals surface area contributed by atoms with Crippen molar-refractivity contribution < 1.29 is 27.8 Å². The normalized spacial score (nSPS) is 16.5. The average Bonchev–Trinajstić information content (AvgIpc) is 2.77. The van der Waals surface area contributed by atoms with E-state index >= 15 is 0 Å². The second-order valence-corrected chi connectivity index (χ2v) is 10.3. The van der Waals surface area contributed by atoms with Gasteiger partial charge in [-0.3, -0.25) is 9.52 Å². The largest absolute Gasteiger partial charge is 0.507 e. The second kappa shape index (κ2) is 12.1. The van der Waals surface area contributed by atoms with Crippen LogP contribution in [-0.4, -0.2) is 71.3 Å². The van der Waals surface area contributed by atoms with Crippen molar-refractivity contribution in [2.24, 2.45) is 5.73 Å². The van der Waals surface area contributed by atoms with Gasteiger partial charge in [-0.05, 0) is 63.2 Å². The number of likely N-dealkylation sites (N-methyl/N-ethyl adjacent to an activating group) is 1. The van der Waals surface area contributed by atoms with Crippen LogP contribution in [0.4, 0.5) is 11.4 Å². The molecule has 5 N–H and O–H groups in total. The molecule has 2 bridgehead atoms. The van der Waals surface area contributed by atoms with E-state index in [0.29, 0.717) is 32.1 Å². The van der Waals surface area contributed by atoms with E-state index < -0.39 is 21.7 Å². The molecule has 0 saturated heterocycles. The van der Waals surface area contributed by atoms with Gasteiger partial charge >= 0.3 is 0 Å². The number of ether oxygens (including phenoxy) is 2. The smallest absolute Gasteiger partial charge is 0.263 e. The molecule has 192 valence electrons. The van der Waals surface area contributed by atoms with Crippen LogP contribution in [0, 0.1) is 0 Å². The zero-order chi connectivity index (χ0) is 25.4. The molecule has 0 unspecified atom stereocenters. The summed E-state index contributed by atoms with van der Waals surface area (Å²) in [4.78, 5) is 13.6. The number of phenols is 1. The molecule has 0 aliphatic carbocycles. The van der Waals surface area contributed by atoms with Crippen molar-refractivity contribution >= 4 is 27.3 Å². The molecule has 0 atom stereocenters. The summed E-state index contributed by atoms with van der Waals surface area (Å²) in [6.45, 7) is 2.53. The van der Waals surface area contributed by atoms with Gasteiger partial charge in [-0.1, -0.05) is 6.42 Å². The summed E-state index contributed by atoms with van der Waals surface area (Å²) in [5, 5.41) is 13.2. The van der Waals surface area contributed by atoms with Crippen LogP contribution < -0.4 is 20.5 Å². The number of fused-ring (bicyclic) bond motifs is 3. The minimum absolute atomic E-state index is 0.138. The molecule has 1 aliphatic heterocycles. The van der Waals surface area contributed by atoms with Crippen molar-refractivity contribution in [1.82, 2.24) is 4.90 Å². The highest BCUT2D eigenvalue weighted by Crippen LogP contribution is 2.32. The zero-order valence-electron chi connectivity index (χ0n) is 20.2. The van der Waals surface area contributed by atoms with Crippen LogP contribution in [0.3, 0.4) is 0 Å². The number of primary amides is 1. The maximum atomic E-state index is 13.4. The van der Waals surface area contributed by atoms with Crippen molar-refractivity contribution in [3.8, 4) is 11.5 Å². The Labute approximate surface area is 206 Å². The number of carbonyl (C=O) groups is 1. The molecule has 3 rings (SSSR count). The van der Waals surface area contributed by atoms with Crippen LogP contribution in [-0.2, 0) is 21.2 Å². The Bertz CT molecular complexity index is 1140. The minimum atomic E-state index is -4.14. The maximum absolute atomic E-state index is 13.4. The summed E-state index contributed by atoms with van der Waals surface area (Å²) in [7, 11) is -0.203. The molecule has 10 nitrogen and oxygen atoms in total. The molecule has 1 heterocycles. The predicted molar refractivity (Wildman–Crippen MR) is 135 cm³/mol. The third-order valence-electron chi connectivity index (χ3n) is 5.56. The fourth-order valence-electron chi connectivity index (χ4n) is 3.71. The minimum Gasteiger partial charge on any atom is -0.507 e. The van der Waals surface area contributed by atoms with Gasteiger partial charge < -0.3 is 30.5 Å². The van der Waals surface area contributed by atoms with Gasteiger partial charge in [0.25, 0.3) is 15.9 Å². The topological polar surface area (TPSA) is 143 Å². The first-order chi connectivity index (χ1) is 16.7. The van der Waals surface area contributed by atoms with Gasteiger partial charge in [0.15, 0.2) is 0 Å². The summed E-state index contributed by atoms with van der Waals surface area (Å²) in [6, 6.07) is 7.44. The first kappa shape index (κ1) is 26.6. The van der Waals surface area contributed by atoms with Crippen LogP contribution in [0.1, 0.15) is 35.2 Å². The molecular formula is C24H34N4O6S. The lowest BCUT2D eigenvalue weighted by Crippen LogP contribution is -2.20. The summed E-state index contributed by atoms with van der Waals surface area (Å²) < 4.78 is 40.9. The van der Waals surface area contributed by atoms with Crippen LogP contribution >= 0.6 is 0 Å². The molecule has 1 aliphatic rings. The highest BCUT2D eigenvalue weighted by molar-refractivity contribution is 7.92. The van der Waals surface area contributed by atoms with E-state index in [1.54, 1.807) is 18.2 Å². The number of anilines is 2. The van der Waals surface area contributed by atoms with Gasteiger partial charge in [-0.15, -0.1) is 0 Å². The van der Waals surface area contributed by atoms with Crippen molar-refractivity contribution in [3.05, 3.63) is 41.5 Å². The Hall–Kier alpha value is -3.02. The molecular weight excluding hydrogens is 472 g/mol. The van der Waals surface area contributed by atoms with Gasteiger partial charge in [0.1, 0.15) is 23.0 Å². The number of hydrogen-bond donors (Lipinski definition) is 4. The molecule has 0 radical (unpaired) electrons. The SMILES string of the molecule is CN(C)CCOc1ccc2cc1CCCCCOCCNc1cc(O)c(C(N)=O)cc1S(=O)(=O)N2. The molecule has 0 saturated carbocycles. The van der Waals surface area contributed by atoms with E-state index in [2.05, 4.69) is 10.0 Å². The van der Waals surface area contributed by atoms with E-state index in [4.69, 9.17) is 15.2 Å². The number of hydrogen-bond acceptors (Lipinski definition) is 8. The molecule has 11 heteroatoms. The van der Waals surface area contributed by atoms with E-state index in [0.717, 1.165) is 49.6 Å². The third-order valence-corrected chi connectivity index (χ3v) is 6.98. The zero-order valence-corrected chi connectivity index (χ0v) is 21.0.